The Morgan fingerprint density at radius 2 is 1.69 bits per heavy atom. The zero-order chi connectivity index (χ0) is 20.4. The molecule has 6 nitrogen and oxygen atoms in total. The van der Waals surface area contributed by atoms with Gasteiger partial charge in [0.05, 0.1) is 5.69 Å². The average molecular weight is 388 g/mol. The summed E-state index contributed by atoms with van der Waals surface area (Å²) in [4.78, 5) is 26.2. The van der Waals surface area contributed by atoms with Gasteiger partial charge in [-0.15, -0.1) is 0 Å². The van der Waals surface area contributed by atoms with E-state index in [-0.39, 0.29) is 11.7 Å². The van der Waals surface area contributed by atoms with Gasteiger partial charge in [0.25, 0.3) is 5.91 Å². The standard InChI is InChI=1S/C23H24N4O2/c1-16-14-22-26(12-3-13-27(22)25-16)15-18-4-6-20(7-5-18)23(29)24-21-10-8-19(9-11-21)17(2)28/h4-11,14H,3,12-13,15H2,1-2H3,(H,24,29). The SMILES string of the molecule is CC(=O)c1ccc(NC(=O)c2ccc(CN3CCCn4nc(C)cc43)cc2)cc1. The minimum atomic E-state index is -0.168. The lowest BCUT2D eigenvalue weighted by Crippen LogP contribution is -2.31. The fourth-order valence-electron chi connectivity index (χ4n) is 3.61. The van der Waals surface area contributed by atoms with Crippen LogP contribution < -0.4 is 10.2 Å². The van der Waals surface area contributed by atoms with Crippen LogP contribution in [0.3, 0.4) is 0 Å². The Hall–Kier alpha value is -3.41. The number of carbonyl (C=O) groups is 2. The lowest BCUT2D eigenvalue weighted by atomic mass is 10.1. The highest BCUT2D eigenvalue weighted by molar-refractivity contribution is 6.04. The summed E-state index contributed by atoms with van der Waals surface area (Å²) in [5.74, 6) is 0.994. The number of aryl methyl sites for hydroxylation is 2. The largest absolute Gasteiger partial charge is 0.352 e. The van der Waals surface area contributed by atoms with Gasteiger partial charge in [-0.25, -0.2) is 4.68 Å². The summed E-state index contributed by atoms with van der Waals surface area (Å²) >= 11 is 0. The van der Waals surface area contributed by atoms with Crippen LogP contribution in [0, 0.1) is 6.92 Å². The molecular formula is C23H24N4O2. The summed E-state index contributed by atoms with van der Waals surface area (Å²) in [5.41, 5.74) is 4.08. The predicted octanol–water partition coefficient (Wildman–Crippen LogP) is 4.06. The van der Waals surface area contributed by atoms with E-state index in [0.717, 1.165) is 43.1 Å². The van der Waals surface area contributed by atoms with Gasteiger partial charge in [-0.1, -0.05) is 12.1 Å². The normalized spacial score (nSPS) is 13.1. The molecule has 148 valence electrons. The highest BCUT2D eigenvalue weighted by atomic mass is 16.1. The number of rotatable bonds is 5. The number of fused-ring (bicyclic) bond motifs is 1. The average Bonchev–Trinajstić information content (AvgIpc) is 3.10. The van der Waals surface area contributed by atoms with Crippen LogP contribution in [0.2, 0.25) is 0 Å². The molecule has 1 N–H and O–H groups in total. The molecule has 0 radical (unpaired) electrons. The number of carbonyl (C=O) groups excluding carboxylic acids is 2. The smallest absolute Gasteiger partial charge is 0.255 e. The Morgan fingerprint density at radius 3 is 2.38 bits per heavy atom. The van der Waals surface area contributed by atoms with Crippen molar-refractivity contribution in [2.45, 2.75) is 33.4 Å². The van der Waals surface area contributed by atoms with Gasteiger partial charge in [0.1, 0.15) is 5.82 Å². The van der Waals surface area contributed by atoms with Crippen LogP contribution in [0.25, 0.3) is 0 Å². The third-order valence-electron chi connectivity index (χ3n) is 5.14. The molecule has 1 aliphatic heterocycles. The topological polar surface area (TPSA) is 67.2 Å². The third-order valence-corrected chi connectivity index (χ3v) is 5.14. The van der Waals surface area contributed by atoms with Gasteiger partial charge in [0.2, 0.25) is 0 Å². The van der Waals surface area contributed by atoms with Gasteiger partial charge in [0, 0.05) is 42.5 Å². The van der Waals surface area contributed by atoms with Crippen LogP contribution in [-0.4, -0.2) is 28.0 Å². The molecule has 1 amide bonds. The molecule has 0 spiro atoms. The number of nitrogens with one attached hydrogen (secondary N) is 1. The summed E-state index contributed by atoms with van der Waals surface area (Å²) in [6.07, 6.45) is 1.08. The second-order valence-electron chi connectivity index (χ2n) is 7.43. The zero-order valence-corrected chi connectivity index (χ0v) is 16.7. The fourth-order valence-corrected chi connectivity index (χ4v) is 3.61. The fraction of sp³-hybridized carbons (Fsp3) is 0.261. The van der Waals surface area contributed by atoms with Crippen LogP contribution in [0.4, 0.5) is 11.5 Å². The van der Waals surface area contributed by atoms with E-state index in [1.54, 1.807) is 24.3 Å². The second kappa shape index (κ2) is 7.91. The number of aromatic nitrogens is 2. The number of ketones is 1. The van der Waals surface area contributed by atoms with Crippen molar-refractivity contribution in [3.8, 4) is 0 Å². The Labute approximate surface area is 170 Å². The predicted molar refractivity (Wildman–Crippen MR) is 113 cm³/mol. The van der Waals surface area contributed by atoms with Crippen molar-refractivity contribution in [1.29, 1.82) is 0 Å². The van der Waals surface area contributed by atoms with Crippen molar-refractivity contribution < 1.29 is 9.59 Å². The molecule has 0 bridgehead atoms. The van der Waals surface area contributed by atoms with Crippen molar-refractivity contribution in [1.82, 2.24) is 9.78 Å². The number of hydrogen-bond donors (Lipinski definition) is 1. The minimum Gasteiger partial charge on any atom is -0.352 e. The molecule has 29 heavy (non-hydrogen) atoms. The molecule has 4 rings (SSSR count). The first-order valence-electron chi connectivity index (χ1n) is 9.80. The van der Waals surface area contributed by atoms with Gasteiger partial charge in [0.15, 0.2) is 5.78 Å². The molecule has 1 aromatic heterocycles. The number of anilines is 2. The second-order valence-corrected chi connectivity index (χ2v) is 7.43. The zero-order valence-electron chi connectivity index (χ0n) is 16.7. The minimum absolute atomic E-state index is 0.00498. The summed E-state index contributed by atoms with van der Waals surface area (Å²) < 4.78 is 2.07. The monoisotopic (exact) mass is 388 g/mol. The van der Waals surface area contributed by atoms with Crippen molar-refractivity contribution in [2.24, 2.45) is 0 Å². The van der Waals surface area contributed by atoms with E-state index >= 15 is 0 Å². The van der Waals surface area contributed by atoms with Gasteiger partial charge in [-0.05, 0) is 62.2 Å². The number of amides is 1. The molecule has 2 aromatic carbocycles. The highest BCUT2D eigenvalue weighted by Crippen LogP contribution is 2.23. The highest BCUT2D eigenvalue weighted by Gasteiger charge is 2.18. The van der Waals surface area contributed by atoms with Crippen LogP contribution in [0.15, 0.2) is 54.6 Å². The van der Waals surface area contributed by atoms with E-state index in [4.69, 9.17) is 0 Å². The van der Waals surface area contributed by atoms with E-state index in [9.17, 15) is 9.59 Å². The first-order valence-corrected chi connectivity index (χ1v) is 9.80. The molecule has 6 heteroatoms. The van der Waals surface area contributed by atoms with Gasteiger partial charge in [-0.2, -0.15) is 5.10 Å². The molecule has 1 aliphatic rings. The lowest BCUT2D eigenvalue weighted by Gasteiger charge is -2.29. The number of benzene rings is 2. The first-order chi connectivity index (χ1) is 14.0. The quantitative estimate of drug-likeness (QED) is 0.670. The van der Waals surface area contributed by atoms with E-state index in [1.165, 1.54) is 6.92 Å². The molecule has 0 atom stereocenters. The molecule has 3 aromatic rings. The van der Waals surface area contributed by atoms with Crippen molar-refractivity contribution in [3.05, 3.63) is 77.0 Å². The first kappa shape index (κ1) is 18.9. The Bertz CT molecular complexity index is 1040. The summed E-state index contributed by atoms with van der Waals surface area (Å²) in [7, 11) is 0. The van der Waals surface area contributed by atoms with Gasteiger partial charge in [-0.3, -0.25) is 9.59 Å². The molecule has 0 unspecified atom stereocenters. The molecule has 0 aliphatic carbocycles. The van der Waals surface area contributed by atoms with Crippen LogP contribution >= 0.6 is 0 Å². The number of nitrogens with zero attached hydrogens (tertiary/aromatic N) is 3. The molecule has 0 saturated heterocycles. The Balaban J connectivity index is 1.41. The maximum Gasteiger partial charge on any atom is 0.255 e. The van der Waals surface area contributed by atoms with Crippen molar-refractivity contribution in [3.63, 3.8) is 0 Å². The van der Waals surface area contributed by atoms with E-state index in [0.29, 0.717) is 16.8 Å². The van der Waals surface area contributed by atoms with Crippen LogP contribution in [-0.2, 0) is 13.1 Å². The van der Waals surface area contributed by atoms with E-state index in [1.807, 2.05) is 31.2 Å². The summed E-state index contributed by atoms with van der Waals surface area (Å²) in [5, 5.41) is 7.41. The molecule has 2 heterocycles. The Morgan fingerprint density at radius 1 is 1.00 bits per heavy atom. The van der Waals surface area contributed by atoms with Gasteiger partial charge < -0.3 is 10.2 Å². The summed E-state index contributed by atoms with van der Waals surface area (Å²) in [6.45, 7) is 6.30. The summed E-state index contributed by atoms with van der Waals surface area (Å²) in [6, 6.07) is 16.7. The molecular weight excluding hydrogens is 364 g/mol. The molecule has 0 fully saturated rings. The third kappa shape index (κ3) is 4.21. The van der Waals surface area contributed by atoms with Crippen molar-refractivity contribution in [2.75, 3.05) is 16.8 Å². The Kier molecular flexibility index (Phi) is 5.16. The van der Waals surface area contributed by atoms with E-state index < -0.39 is 0 Å². The van der Waals surface area contributed by atoms with Crippen LogP contribution in [0.5, 0.6) is 0 Å². The van der Waals surface area contributed by atoms with Gasteiger partial charge >= 0.3 is 0 Å². The van der Waals surface area contributed by atoms with Crippen molar-refractivity contribution >= 4 is 23.2 Å². The van der Waals surface area contributed by atoms with Crippen LogP contribution in [0.1, 0.15) is 45.3 Å². The maximum absolute atomic E-state index is 12.5. The molecule has 0 saturated carbocycles. The number of hydrogen-bond acceptors (Lipinski definition) is 4. The number of Topliss-reactive ketones (excluding diaryl/α,β-unsaturated/α-hetero) is 1. The van der Waals surface area contributed by atoms with E-state index in [2.05, 4.69) is 26.1 Å². The maximum atomic E-state index is 12.5. The lowest BCUT2D eigenvalue weighted by molar-refractivity contribution is 0.101.